The average molecular weight is 680 g/mol. The lowest BCUT2D eigenvalue weighted by Crippen LogP contribution is -2.41. The van der Waals surface area contributed by atoms with Crippen LogP contribution in [0.4, 0.5) is 17.2 Å². The van der Waals surface area contributed by atoms with Crippen molar-refractivity contribution in [2.75, 3.05) is 4.90 Å². The van der Waals surface area contributed by atoms with E-state index in [1.54, 1.807) is 11.8 Å². The number of aryl methyl sites for hydroxylation is 1. The first-order valence-corrected chi connectivity index (χ1v) is 18.4. The highest BCUT2D eigenvalue weighted by Crippen LogP contribution is 2.55. The van der Waals surface area contributed by atoms with Gasteiger partial charge in [0.15, 0.2) is 0 Å². The molecule has 6 heteroatoms. The van der Waals surface area contributed by atoms with Crippen LogP contribution in [0.5, 0.6) is 11.5 Å². The summed E-state index contributed by atoms with van der Waals surface area (Å²) in [5.74, 6) is 3.39. The summed E-state index contributed by atoms with van der Waals surface area (Å²) >= 11 is 1.78. The molecule has 0 bridgehead atoms. The molecule has 1 aliphatic carbocycles. The van der Waals surface area contributed by atoms with Crippen LogP contribution in [0.25, 0.3) is 0 Å². The van der Waals surface area contributed by atoms with Gasteiger partial charge in [-0.3, -0.25) is 4.90 Å². The van der Waals surface area contributed by atoms with Gasteiger partial charge in [-0.1, -0.05) is 70.6 Å². The molecule has 3 heterocycles. The van der Waals surface area contributed by atoms with E-state index in [9.17, 15) is 0 Å². The van der Waals surface area contributed by atoms with E-state index < -0.39 is 11.1 Å². The average Bonchev–Trinajstić information content (AvgIpc) is 3.47. The van der Waals surface area contributed by atoms with Crippen LogP contribution in [-0.4, -0.2) is 16.5 Å². The van der Waals surface area contributed by atoms with Gasteiger partial charge in [-0.05, 0) is 127 Å². The van der Waals surface area contributed by atoms with Gasteiger partial charge in [-0.15, -0.1) is 0 Å². The van der Waals surface area contributed by atoms with Crippen LogP contribution >= 0.6 is 11.8 Å². The molecule has 1 aromatic heterocycles. The van der Waals surface area contributed by atoms with E-state index in [2.05, 4.69) is 152 Å². The molecule has 4 aromatic carbocycles. The predicted octanol–water partition coefficient (Wildman–Crippen LogP) is 11.9. The van der Waals surface area contributed by atoms with Crippen LogP contribution in [0.1, 0.15) is 93.3 Å². The third-order valence-corrected chi connectivity index (χ3v) is 12.1. The van der Waals surface area contributed by atoms with Gasteiger partial charge < -0.3 is 9.47 Å². The Balaban J connectivity index is 1.18. The molecular formula is C44H45N3O2S. The number of ether oxygens (including phenoxy) is 2. The van der Waals surface area contributed by atoms with E-state index in [1.807, 2.05) is 6.20 Å². The number of aromatic nitrogens is 1. The Morgan fingerprint density at radius 2 is 1.64 bits per heavy atom. The van der Waals surface area contributed by atoms with E-state index in [-0.39, 0.29) is 5.41 Å². The zero-order valence-electron chi connectivity index (χ0n) is 30.5. The van der Waals surface area contributed by atoms with E-state index in [4.69, 9.17) is 19.5 Å². The van der Waals surface area contributed by atoms with Crippen molar-refractivity contribution in [1.82, 2.24) is 4.98 Å². The molecule has 254 valence electrons. The highest BCUT2D eigenvalue weighted by Gasteiger charge is 2.59. The molecule has 0 saturated heterocycles. The Morgan fingerprint density at radius 1 is 0.860 bits per heavy atom. The number of rotatable bonds is 5. The van der Waals surface area contributed by atoms with Gasteiger partial charge in [0.1, 0.15) is 28.5 Å². The fourth-order valence-electron chi connectivity index (χ4n) is 7.55. The highest BCUT2D eigenvalue weighted by atomic mass is 32.2. The summed E-state index contributed by atoms with van der Waals surface area (Å²) in [6, 6.07) is 30.1. The predicted molar refractivity (Wildman–Crippen MR) is 205 cm³/mol. The van der Waals surface area contributed by atoms with E-state index >= 15 is 0 Å². The molecule has 0 radical (unpaired) electrons. The Morgan fingerprint density at radius 3 is 2.42 bits per heavy atom. The Kier molecular flexibility index (Phi) is 7.50. The molecule has 0 unspecified atom stereocenters. The lowest BCUT2D eigenvalue weighted by Gasteiger charge is -2.33. The third-order valence-electron chi connectivity index (χ3n) is 11.0. The fraction of sp³-hybridized carbons (Fsp3) is 0.318. The maximum Gasteiger partial charge on any atom is 0.217 e. The van der Waals surface area contributed by atoms with Crippen LogP contribution in [0.2, 0.25) is 0 Å². The molecule has 5 nitrogen and oxygen atoms in total. The zero-order chi connectivity index (χ0) is 35.2. The van der Waals surface area contributed by atoms with Gasteiger partial charge in [0.25, 0.3) is 0 Å². The molecule has 50 heavy (non-hydrogen) atoms. The number of aliphatic imine (C=N–C) groups is 1. The van der Waals surface area contributed by atoms with Gasteiger partial charge in [-0.25, -0.2) is 9.98 Å². The maximum absolute atomic E-state index is 6.86. The van der Waals surface area contributed by atoms with Crippen LogP contribution in [0.3, 0.4) is 0 Å². The molecule has 0 fully saturated rings. The summed E-state index contributed by atoms with van der Waals surface area (Å²) in [6.45, 7) is 20.0. The minimum absolute atomic E-state index is 0.00311. The largest absolute Gasteiger partial charge is 0.468 e. The zero-order valence-corrected chi connectivity index (χ0v) is 31.3. The number of fused-ring (bicyclic) bond motifs is 5. The molecule has 2 atom stereocenters. The van der Waals surface area contributed by atoms with E-state index in [1.165, 1.54) is 38.3 Å². The van der Waals surface area contributed by atoms with E-state index in [0.29, 0.717) is 11.8 Å². The van der Waals surface area contributed by atoms with Gasteiger partial charge >= 0.3 is 0 Å². The Labute approximate surface area is 300 Å². The number of hydrogen-bond donors (Lipinski definition) is 0. The summed E-state index contributed by atoms with van der Waals surface area (Å²) in [4.78, 5) is 14.9. The minimum Gasteiger partial charge on any atom is -0.468 e. The SMILES string of the molecule is Cc1ccc2c(c1C)C[C@]1(C)OC(c3cc(Oc4ccc5c(c4)N(c4cc(C(C)(C)C)ccn4)c4ccccc4S5)cc(C(C)C)c3)=N[C@]21C. The molecule has 5 aromatic rings. The van der Waals surface area contributed by atoms with Gasteiger partial charge in [0.2, 0.25) is 5.90 Å². The van der Waals surface area contributed by atoms with Crippen LogP contribution in [0.15, 0.2) is 106 Å². The number of benzene rings is 4. The van der Waals surface area contributed by atoms with Crippen molar-refractivity contribution < 1.29 is 9.47 Å². The maximum atomic E-state index is 6.86. The van der Waals surface area contributed by atoms with Gasteiger partial charge in [-0.2, -0.15) is 0 Å². The molecule has 0 saturated carbocycles. The molecule has 0 amide bonds. The van der Waals surface area contributed by atoms with Crippen molar-refractivity contribution in [3.8, 4) is 11.5 Å². The van der Waals surface area contributed by atoms with Gasteiger partial charge in [0, 0.05) is 34.0 Å². The lowest BCUT2D eigenvalue weighted by atomic mass is 9.84. The second-order valence-electron chi connectivity index (χ2n) is 15.8. The number of para-hydroxylation sites is 1. The summed E-state index contributed by atoms with van der Waals surface area (Å²) in [5.41, 5.74) is 9.92. The Bertz CT molecular complexity index is 2220. The summed E-state index contributed by atoms with van der Waals surface area (Å²) < 4.78 is 13.6. The van der Waals surface area contributed by atoms with Crippen molar-refractivity contribution in [3.63, 3.8) is 0 Å². The molecule has 2 aliphatic heterocycles. The minimum atomic E-state index is -0.459. The summed E-state index contributed by atoms with van der Waals surface area (Å²) in [5, 5.41) is 0. The van der Waals surface area contributed by atoms with Crippen LogP contribution < -0.4 is 9.64 Å². The van der Waals surface area contributed by atoms with Crippen LogP contribution in [-0.2, 0) is 22.1 Å². The van der Waals surface area contributed by atoms with Crippen molar-refractivity contribution >= 4 is 34.9 Å². The van der Waals surface area contributed by atoms with Crippen molar-refractivity contribution in [1.29, 1.82) is 0 Å². The van der Waals surface area contributed by atoms with Crippen molar-refractivity contribution in [3.05, 3.63) is 130 Å². The van der Waals surface area contributed by atoms with Crippen LogP contribution in [0, 0.1) is 13.8 Å². The molecule has 3 aliphatic rings. The molecular weight excluding hydrogens is 635 g/mol. The first-order valence-electron chi connectivity index (χ1n) is 17.6. The standard InChI is InChI=1S/C44H45N3O2S/c1-26(2)29-20-30(41-46-44(9)35-16-14-27(3)28(4)34(35)25-43(44,8)49-41)22-33(21-29)48-32-15-17-39-37(24-32)47(36-12-10-11-13-38(36)50-39)40-23-31(18-19-45-40)42(5,6)7/h10-24,26H,25H2,1-9H3/t43-,44+/m0/s1. The molecule has 0 N–H and O–H groups in total. The summed E-state index contributed by atoms with van der Waals surface area (Å²) in [6.07, 6.45) is 2.76. The van der Waals surface area contributed by atoms with Gasteiger partial charge in [0.05, 0.1) is 11.4 Å². The first-order chi connectivity index (χ1) is 23.7. The number of anilines is 3. The fourth-order valence-corrected chi connectivity index (χ4v) is 8.59. The number of pyridine rings is 1. The summed E-state index contributed by atoms with van der Waals surface area (Å²) in [7, 11) is 0. The van der Waals surface area contributed by atoms with Crippen molar-refractivity contribution in [2.45, 2.75) is 101 Å². The number of hydrogen-bond acceptors (Lipinski definition) is 6. The molecule has 8 rings (SSSR count). The normalized spacial score (nSPS) is 20.5. The lowest BCUT2D eigenvalue weighted by molar-refractivity contribution is 0.0475. The molecule has 0 spiro atoms. The second-order valence-corrected chi connectivity index (χ2v) is 16.9. The second kappa shape index (κ2) is 11.5. The van der Waals surface area contributed by atoms with E-state index in [0.717, 1.165) is 45.6 Å². The third kappa shape index (κ3) is 5.22. The smallest absolute Gasteiger partial charge is 0.217 e. The number of nitrogens with zero attached hydrogens (tertiary/aromatic N) is 3. The topological polar surface area (TPSA) is 47.0 Å². The monoisotopic (exact) mass is 679 g/mol. The first kappa shape index (κ1) is 32.6. The van der Waals surface area contributed by atoms with Crippen molar-refractivity contribution in [2.24, 2.45) is 4.99 Å². The highest BCUT2D eigenvalue weighted by molar-refractivity contribution is 7.99. The Hall–Kier alpha value is -4.55. The quantitative estimate of drug-likeness (QED) is 0.181.